The maximum atomic E-state index is 14.3. The largest absolute Gasteiger partial charge is 0.364 e. The van der Waals surface area contributed by atoms with Crippen molar-refractivity contribution in [3.8, 4) is 11.8 Å². The summed E-state index contributed by atoms with van der Waals surface area (Å²) < 4.78 is 19.9. The second-order valence-corrected chi connectivity index (χ2v) is 7.94. The van der Waals surface area contributed by atoms with Gasteiger partial charge in [-0.2, -0.15) is 0 Å². The average Bonchev–Trinajstić information content (AvgIpc) is 3.16. The number of nitro groups is 1. The first-order valence-corrected chi connectivity index (χ1v) is 10.1. The molecule has 0 bridgehead atoms. The molecule has 0 radical (unpaired) electrons. The lowest BCUT2D eigenvalue weighted by Crippen LogP contribution is -2.32. The number of anilines is 2. The van der Waals surface area contributed by atoms with Crippen LogP contribution in [0.4, 0.5) is 21.6 Å². The first kappa shape index (κ1) is 21.9. The number of halogens is 2. The van der Waals surface area contributed by atoms with Gasteiger partial charge in [-0.15, -0.1) is 0 Å². The van der Waals surface area contributed by atoms with E-state index in [0.717, 1.165) is 6.54 Å². The van der Waals surface area contributed by atoms with E-state index in [0.29, 0.717) is 23.9 Å². The Morgan fingerprint density at radius 1 is 1.38 bits per heavy atom. The van der Waals surface area contributed by atoms with Gasteiger partial charge in [-0.05, 0) is 25.2 Å². The number of nitro benzene ring substituents is 1. The molecular formula is C22H19ClFN5O3. The van der Waals surface area contributed by atoms with Crippen molar-refractivity contribution in [1.29, 1.82) is 0 Å². The summed E-state index contributed by atoms with van der Waals surface area (Å²) in [5.74, 6) is 5.57. The summed E-state index contributed by atoms with van der Waals surface area (Å²) in [5.41, 5.74) is -0.148. The molecule has 1 atom stereocenters. The fraction of sp³-hybridized carbons (Fsp3) is 0.273. The number of hydrogen-bond donors (Lipinski definition) is 1. The minimum atomic E-state index is -0.680. The molecule has 164 valence electrons. The Kier molecular flexibility index (Phi) is 5.93. The fourth-order valence-corrected chi connectivity index (χ4v) is 3.81. The molecule has 0 aliphatic carbocycles. The molecule has 0 unspecified atom stereocenters. The molecule has 2 heterocycles. The molecule has 2 aromatic carbocycles. The molecule has 3 aromatic rings. The number of nitrogens with zero attached hydrogens (tertiary/aromatic N) is 4. The van der Waals surface area contributed by atoms with Crippen molar-refractivity contribution in [3.63, 3.8) is 0 Å². The van der Waals surface area contributed by atoms with E-state index in [1.165, 1.54) is 30.6 Å². The number of fused-ring (bicyclic) bond motifs is 1. The summed E-state index contributed by atoms with van der Waals surface area (Å²) in [5, 5.41) is 14.9. The highest BCUT2D eigenvalue weighted by atomic mass is 35.5. The Balaban J connectivity index is 1.79. The minimum Gasteiger partial charge on any atom is -0.364 e. The summed E-state index contributed by atoms with van der Waals surface area (Å²) in [6.07, 6.45) is 1.99. The van der Waals surface area contributed by atoms with Crippen LogP contribution >= 0.6 is 11.6 Å². The normalized spacial score (nSPS) is 18.4. The van der Waals surface area contributed by atoms with Crippen molar-refractivity contribution in [1.82, 2.24) is 14.9 Å². The molecule has 1 saturated heterocycles. The van der Waals surface area contributed by atoms with Crippen molar-refractivity contribution < 1.29 is 14.1 Å². The van der Waals surface area contributed by atoms with Crippen molar-refractivity contribution >= 4 is 39.7 Å². The van der Waals surface area contributed by atoms with Crippen LogP contribution in [-0.2, 0) is 4.74 Å². The first-order valence-electron chi connectivity index (χ1n) is 9.73. The lowest BCUT2D eigenvalue weighted by molar-refractivity contribution is -0.385. The number of ether oxygens (including phenoxy) is 1. The van der Waals surface area contributed by atoms with E-state index in [9.17, 15) is 14.5 Å². The highest BCUT2D eigenvalue weighted by Crippen LogP contribution is 2.32. The molecule has 8 nitrogen and oxygen atoms in total. The zero-order valence-corrected chi connectivity index (χ0v) is 18.1. The Labute approximate surface area is 188 Å². The predicted octanol–water partition coefficient (Wildman–Crippen LogP) is 4.15. The third-order valence-electron chi connectivity index (χ3n) is 5.39. The Morgan fingerprint density at radius 3 is 2.88 bits per heavy atom. The van der Waals surface area contributed by atoms with Gasteiger partial charge in [-0.25, -0.2) is 14.4 Å². The summed E-state index contributed by atoms with van der Waals surface area (Å²) in [6.45, 7) is 1.43. The predicted molar refractivity (Wildman–Crippen MR) is 120 cm³/mol. The van der Waals surface area contributed by atoms with Crippen LogP contribution < -0.4 is 5.32 Å². The van der Waals surface area contributed by atoms with Gasteiger partial charge in [-0.1, -0.05) is 29.5 Å². The average molecular weight is 456 g/mol. The lowest BCUT2D eigenvalue weighted by atomic mass is 10.0. The number of methoxy groups -OCH3 is 1. The van der Waals surface area contributed by atoms with Crippen LogP contribution in [0.2, 0.25) is 5.02 Å². The second-order valence-electron chi connectivity index (χ2n) is 7.53. The van der Waals surface area contributed by atoms with Gasteiger partial charge in [0.1, 0.15) is 23.3 Å². The van der Waals surface area contributed by atoms with Crippen molar-refractivity contribution in [2.45, 2.75) is 12.0 Å². The molecule has 0 amide bonds. The molecule has 1 aromatic heterocycles. The van der Waals surface area contributed by atoms with E-state index in [2.05, 4.69) is 32.0 Å². The smallest absolute Gasteiger partial charge is 0.285 e. The van der Waals surface area contributed by atoms with Gasteiger partial charge in [0.15, 0.2) is 5.82 Å². The Morgan fingerprint density at radius 2 is 2.19 bits per heavy atom. The molecule has 0 saturated carbocycles. The maximum absolute atomic E-state index is 14.3. The van der Waals surface area contributed by atoms with Gasteiger partial charge >= 0.3 is 0 Å². The monoisotopic (exact) mass is 455 g/mol. The zero-order valence-electron chi connectivity index (χ0n) is 17.4. The molecule has 1 N–H and O–H groups in total. The van der Waals surface area contributed by atoms with E-state index < -0.39 is 16.3 Å². The lowest BCUT2D eigenvalue weighted by Gasteiger charge is -2.20. The minimum absolute atomic E-state index is 0.0541. The van der Waals surface area contributed by atoms with Crippen LogP contribution in [0.5, 0.6) is 0 Å². The van der Waals surface area contributed by atoms with Crippen LogP contribution in [0.1, 0.15) is 12.0 Å². The summed E-state index contributed by atoms with van der Waals surface area (Å²) in [4.78, 5) is 21.7. The molecule has 1 aliphatic heterocycles. The van der Waals surface area contributed by atoms with Crippen LogP contribution in [0.25, 0.3) is 10.9 Å². The summed E-state index contributed by atoms with van der Waals surface area (Å²) in [7, 11) is 3.55. The van der Waals surface area contributed by atoms with E-state index in [-0.39, 0.29) is 27.8 Å². The number of likely N-dealkylation sites (tertiary alicyclic amines) is 1. The summed E-state index contributed by atoms with van der Waals surface area (Å²) in [6, 6.07) is 7.37. The standard InChI is InChI=1S/C22H19ClFN5O3/c1-28-9-8-22(12-28,32-2)7-6-14-10-18-15(11-19(14)29(30)31)21(26-13-25-18)27-17-5-3-4-16(23)20(17)24/h3-5,10-11,13H,8-9,12H2,1-2H3,(H,25,26,27)/t22-/m0/s1. The molecule has 1 aliphatic rings. The molecular weight excluding hydrogens is 437 g/mol. The topological polar surface area (TPSA) is 93.4 Å². The molecule has 32 heavy (non-hydrogen) atoms. The van der Waals surface area contributed by atoms with Gasteiger partial charge in [0, 0.05) is 38.1 Å². The van der Waals surface area contributed by atoms with Crippen LogP contribution in [0, 0.1) is 27.8 Å². The van der Waals surface area contributed by atoms with Gasteiger partial charge in [0.2, 0.25) is 0 Å². The zero-order chi connectivity index (χ0) is 22.9. The van der Waals surface area contributed by atoms with Gasteiger partial charge in [0.25, 0.3) is 5.69 Å². The number of aromatic nitrogens is 2. The maximum Gasteiger partial charge on any atom is 0.285 e. The SMILES string of the molecule is CO[C@@]1(C#Cc2cc3ncnc(Nc4cccc(Cl)c4F)c3cc2[N+](=O)[O-])CCN(C)C1. The van der Waals surface area contributed by atoms with E-state index in [4.69, 9.17) is 16.3 Å². The van der Waals surface area contributed by atoms with Crippen molar-refractivity contribution in [3.05, 3.63) is 63.2 Å². The van der Waals surface area contributed by atoms with Crippen molar-refractivity contribution in [2.75, 3.05) is 32.6 Å². The van der Waals surface area contributed by atoms with E-state index in [1.54, 1.807) is 13.2 Å². The van der Waals surface area contributed by atoms with Gasteiger partial charge in [-0.3, -0.25) is 10.1 Å². The number of nitrogens with one attached hydrogen (secondary N) is 1. The molecule has 4 rings (SSSR count). The number of rotatable bonds is 4. The van der Waals surface area contributed by atoms with Crippen LogP contribution in [-0.4, -0.2) is 52.6 Å². The molecule has 0 spiro atoms. The fourth-order valence-electron chi connectivity index (χ4n) is 3.64. The van der Waals surface area contributed by atoms with Gasteiger partial charge in [0.05, 0.1) is 21.2 Å². The Bertz CT molecular complexity index is 1280. The highest BCUT2D eigenvalue weighted by Gasteiger charge is 2.35. The number of benzene rings is 2. The molecule has 1 fully saturated rings. The second kappa shape index (κ2) is 8.67. The Hall–Kier alpha value is -3.32. The summed E-state index contributed by atoms with van der Waals surface area (Å²) >= 11 is 5.84. The third kappa shape index (κ3) is 4.21. The molecule has 10 heteroatoms. The van der Waals surface area contributed by atoms with Crippen molar-refractivity contribution in [2.24, 2.45) is 0 Å². The third-order valence-corrected chi connectivity index (χ3v) is 5.68. The van der Waals surface area contributed by atoms with Crippen LogP contribution in [0.15, 0.2) is 36.7 Å². The van der Waals surface area contributed by atoms with Crippen LogP contribution in [0.3, 0.4) is 0 Å². The van der Waals surface area contributed by atoms with Gasteiger partial charge < -0.3 is 15.0 Å². The van der Waals surface area contributed by atoms with E-state index in [1.807, 2.05) is 7.05 Å². The van der Waals surface area contributed by atoms with E-state index >= 15 is 0 Å². The highest BCUT2D eigenvalue weighted by molar-refractivity contribution is 6.31. The quantitative estimate of drug-likeness (QED) is 0.359. The number of likely N-dealkylation sites (N-methyl/N-ethyl adjacent to an activating group) is 1. The number of hydrogen-bond acceptors (Lipinski definition) is 7. The first-order chi connectivity index (χ1) is 15.3.